The highest BCUT2D eigenvalue weighted by Crippen LogP contribution is 2.56. The number of nitrogens with zero attached hydrogens (tertiary/aromatic N) is 2. The highest BCUT2D eigenvalue weighted by Gasteiger charge is 2.57. The minimum absolute atomic E-state index is 0.0761. The Hall–Kier alpha value is -2.06. The van der Waals surface area contributed by atoms with Gasteiger partial charge in [0.25, 0.3) is 11.8 Å². The van der Waals surface area contributed by atoms with Gasteiger partial charge in [-0.3, -0.25) is 14.5 Å². The molecule has 4 rings (SSSR count). The van der Waals surface area contributed by atoms with Gasteiger partial charge in [0.15, 0.2) is 11.5 Å². The second-order valence-corrected chi connectivity index (χ2v) is 15.4. The van der Waals surface area contributed by atoms with Crippen molar-refractivity contribution < 1.29 is 24.2 Å². The standard InChI is InChI=1S/C21H30N2O5Si/c1-27-18-9-14-15(10-17(18)24)23(13-28-7-8-29(2,3)4)20(26)16-11-21(5-6-21)12-22(16)19(14)25/h9-10,16,24H,5-8,11-13H2,1-4H3/t16-/m0/s1. The first kappa shape index (κ1) is 20.2. The summed E-state index contributed by atoms with van der Waals surface area (Å²) in [6.07, 6.45) is 2.85. The topological polar surface area (TPSA) is 79.3 Å². The zero-order chi connectivity index (χ0) is 21.0. The molecule has 1 aromatic carbocycles. The summed E-state index contributed by atoms with van der Waals surface area (Å²) in [5, 5.41) is 10.3. The Morgan fingerprint density at radius 2 is 1.97 bits per heavy atom. The molecule has 0 bridgehead atoms. The zero-order valence-electron chi connectivity index (χ0n) is 17.7. The van der Waals surface area contributed by atoms with Crippen molar-refractivity contribution in [2.75, 3.05) is 31.9 Å². The molecule has 1 spiro atoms. The van der Waals surface area contributed by atoms with Crippen LogP contribution < -0.4 is 9.64 Å². The number of hydrogen-bond acceptors (Lipinski definition) is 5. The predicted molar refractivity (Wildman–Crippen MR) is 112 cm³/mol. The number of phenols is 1. The fourth-order valence-corrected chi connectivity index (χ4v) is 5.02. The van der Waals surface area contributed by atoms with E-state index in [1.165, 1.54) is 24.1 Å². The molecular formula is C21H30N2O5Si. The smallest absolute Gasteiger partial charge is 0.256 e. The Kier molecular flexibility index (Phi) is 4.89. The van der Waals surface area contributed by atoms with Gasteiger partial charge in [0, 0.05) is 27.3 Å². The lowest BCUT2D eigenvalue weighted by molar-refractivity contribution is -0.123. The Balaban J connectivity index is 1.67. The lowest BCUT2D eigenvalue weighted by atomic mass is 10.0. The van der Waals surface area contributed by atoms with Gasteiger partial charge in [-0.25, -0.2) is 0 Å². The van der Waals surface area contributed by atoms with Gasteiger partial charge in [-0.2, -0.15) is 0 Å². The maximum absolute atomic E-state index is 13.5. The number of aromatic hydroxyl groups is 1. The van der Waals surface area contributed by atoms with Crippen LogP contribution in [0.2, 0.25) is 25.7 Å². The maximum Gasteiger partial charge on any atom is 0.256 e. The van der Waals surface area contributed by atoms with Crippen LogP contribution in [0, 0.1) is 5.41 Å². The lowest BCUT2D eigenvalue weighted by Gasteiger charge is -2.26. The van der Waals surface area contributed by atoms with Gasteiger partial charge < -0.3 is 19.5 Å². The summed E-state index contributed by atoms with van der Waals surface area (Å²) in [5.41, 5.74) is 0.881. The van der Waals surface area contributed by atoms with E-state index in [0.29, 0.717) is 30.8 Å². The Labute approximate surface area is 172 Å². The number of carbonyl (C=O) groups excluding carboxylic acids is 2. The van der Waals surface area contributed by atoms with E-state index in [0.717, 1.165) is 18.9 Å². The van der Waals surface area contributed by atoms with Gasteiger partial charge in [0.05, 0.1) is 18.4 Å². The molecule has 1 atom stereocenters. The van der Waals surface area contributed by atoms with E-state index in [2.05, 4.69) is 19.6 Å². The fraction of sp³-hybridized carbons (Fsp3) is 0.619. The third kappa shape index (κ3) is 3.75. The monoisotopic (exact) mass is 418 g/mol. The number of anilines is 1. The first-order valence-corrected chi connectivity index (χ1v) is 14.0. The number of rotatable bonds is 6. The molecule has 29 heavy (non-hydrogen) atoms. The van der Waals surface area contributed by atoms with Gasteiger partial charge >= 0.3 is 0 Å². The fourth-order valence-electron chi connectivity index (χ4n) is 4.27. The number of hydrogen-bond donors (Lipinski definition) is 1. The number of amides is 2. The van der Waals surface area contributed by atoms with Crippen molar-refractivity contribution in [3.63, 3.8) is 0 Å². The van der Waals surface area contributed by atoms with Crippen molar-refractivity contribution in [3.8, 4) is 11.5 Å². The van der Waals surface area contributed by atoms with Gasteiger partial charge in [0.1, 0.15) is 12.8 Å². The first-order valence-electron chi connectivity index (χ1n) is 10.3. The van der Waals surface area contributed by atoms with E-state index < -0.39 is 14.1 Å². The number of methoxy groups -OCH3 is 1. The number of phenolic OH excluding ortho intramolecular Hbond substituents is 1. The molecule has 7 nitrogen and oxygen atoms in total. The molecule has 2 amide bonds. The van der Waals surface area contributed by atoms with Gasteiger partial charge in [0.2, 0.25) is 0 Å². The third-order valence-corrected chi connectivity index (χ3v) is 8.02. The van der Waals surface area contributed by atoms with E-state index >= 15 is 0 Å². The second kappa shape index (κ2) is 7.02. The average molecular weight is 419 g/mol. The summed E-state index contributed by atoms with van der Waals surface area (Å²) in [5.74, 6) is -0.175. The predicted octanol–water partition coefficient (Wildman–Crippen LogP) is 3.05. The van der Waals surface area contributed by atoms with E-state index in [9.17, 15) is 14.7 Å². The minimum atomic E-state index is -1.25. The van der Waals surface area contributed by atoms with Crippen molar-refractivity contribution in [2.24, 2.45) is 5.41 Å². The zero-order valence-corrected chi connectivity index (χ0v) is 18.7. The number of fused-ring (bicyclic) bond motifs is 2. The summed E-state index contributed by atoms with van der Waals surface area (Å²) >= 11 is 0. The van der Waals surface area contributed by atoms with Crippen LogP contribution in [-0.4, -0.2) is 62.9 Å². The van der Waals surface area contributed by atoms with Crippen molar-refractivity contribution >= 4 is 25.6 Å². The molecule has 3 aliphatic rings. The largest absolute Gasteiger partial charge is 0.504 e. The molecule has 8 heteroatoms. The number of carbonyl (C=O) groups is 2. The Morgan fingerprint density at radius 3 is 2.59 bits per heavy atom. The Morgan fingerprint density at radius 1 is 1.24 bits per heavy atom. The van der Waals surface area contributed by atoms with E-state index in [-0.39, 0.29) is 35.5 Å². The third-order valence-electron chi connectivity index (χ3n) is 6.31. The highest BCUT2D eigenvalue weighted by atomic mass is 28.3. The molecule has 2 aliphatic heterocycles. The van der Waals surface area contributed by atoms with E-state index in [4.69, 9.17) is 9.47 Å². The minimum Gasteiger partial charge on any atom is -0.504 e. The molecule has 1 aliphatic carbocycles. The van der Waals surface area contributed by atoms with Crippen molar-refractivity contribution in [3.05, 3.63) is 17.7 Å². The van der Waals surface area contributed by atoms with Crippen LogP contribution in [0.25, 0.3) is 0 Å². The summed E-state index contributed by atoms with van der Waals surface area (Å²) < 4.78 is 11.1. The second-order valence-electron chi connectivity index (χ2n) is 9.81. The van der Waals surface area contributed by atoms with Crippen LogP contribution >= 0.6 is 0 Å². The summed E-state index contributed by atoms with van der Waals surface area (Å²) in [7, 11) is 0.193. The molecular weight excluding hydrogens is 388 g/mol. The van der Waals surface area contributed by atoms with Crippen LogP contribution in [0.5, 0.6) is 11.5 Å². The molecule has 2 fully saturated rings. The summed E-state index contributed by atoms with van der Waals surface area (Å²) in [4.78, 5) is 30.0. The maximum atomic E-state index is 13.5. The molecule has 0 unspecified atom stereocenters. The van der Waals surface area contributed by atoms with Gasteiger partial charge in [-0.05, 0) is 36.8 Å². The molecule has 1 saturated carbocycles. The Bertz CT molecular complexity index is 846. The summed E-state index contributed by atoms with van der Waals surface area (Å²) in [6, 6.07) is 3.51. The van der Waals surface area contributed by atoms with Crippen LogP contribution in [-0.2, 0) is 9.53 Å². The van der Waals surface area contributed by atoms with Crippen LogP contribution in [0.3, 0.4) is 0 Å². The summed E-state index contributed by atoms with van der Waals surface area (Å²) in [6.45, 7) is 8.09. The quantitative estimate of drug-likeness (QED) is 0.567. The molecule has 1 saturated heterocycles. The molecule has 1 aromatic rings. The molecule has 1 N–H and O–H groups in total. The first-order chi connectivity index (χ1) is 13.6. The van der Waals surface area contributed by atoms with Crippen LogP contribution in [0.1, 0.15) is 29.6 Å². The van der Waals surface area contributed by atoms with Crippen molar-refractivity contribution in [1.82, 2.24) is 4.90 Å². The van der Waals surface area contributed by atoms with Crippen LogP contribution in [0.4, 0.5) is 5.69 Å². The SMILES string of the molecule is COc1cc2c(cc1O)N(COCC[Si](C)(C)C)C(=O)[C@@H]1CC3(CC3)CN1C2=O. The molecule has 0 radical (unpaired) electrons. The normalized spacial score (nSPS) is 22.6. The van der Waals surface area contributed by atoms with Gasteiger partial charge in [-0.1, -0.05) is 19.6 Å². The van der Waals surface area contributed by atoms with Gasteiger partial charge in [-0.15, -0.1) is 0 Å². The van der Waals surface area contributed by atoms with E-state index in [1.807, 2.05) is 0 Å². The van der Waals surface area contributed by atoms with Crippen molar-refractivity contribution in [2.45, 2.75) is 51.0 Å². The van der Waals surface area contributed by atoms with Crippen LogP contribution in [0.15, 0.2) is 12.1 Å². The molecule has 0 aromatic heterocycles. The number of ether oxygens (including phenoxy) is 2. The lowest BCUT2D eigenvalue weighted by Crippen LogP contribution is -2.45. The van der Waals surface area contributed by atoms with E-state index in [1.54, 1.807) is 4.90 Å². The number of benzene rings is 1. The molecule has 158 valence electrons. The highest BCUT2D eigenvalue weighted by molar-refractivity contribution is 6.76. The molecule has 2 heterocycles. The average Bonchev–Trinajstić information content (AvgIpc) is 3.30. The van der Waals surface area contributed by atoms with Crippen molar-refractivity contribution in [1.29, 1.82) is 0 Å².